The zero-order chi connectivity index (χ0) is 13.8. The minimum Gasteiger partial charge on any atom is -0.455 e. The lowest BCUT2D eigenvalue weighted by atomic mass is 10.2. The minimum absolute atomic E-state index is 0.196. The summed E-state index contributed by atoms with van der Waals surface area (Å²) < 4.78 is 18.7. The van der Waals surface area contributed by atoms with Crippen molar-refractivity contribution in [2.24, 2.45) is 0 Å². The van der Waals surface area contributed by atoms with Crippen LogP contribution in [0.25, 0.3) is 0 Å². The number of nitrogens with zero attached hydrogens (tertiary/aromatic N) is 1. The van der Waals surface area contributed by atoms with Gasteiger partial charge in [0, 0.05) is 6.04 Å². The van der Waals surface area contributed by atoms with E-state index >= 15 is 0 Å². The number of benzene rings is 1. The maximum absolute atomic E-state index is 13.0. The van der Waals surface area contributed by atoms with E-state index in [1.165, 1.54) is 12.1 Å². The molecular formula is C15H17FN2O. The molecule has 0 fully saturated rings. The van der Waals surface area contributed by atoms with Crippen LogP contribution in [0, 0.1) is 12.7 Å². The fourth-order valence-corrected chi connectivity index (χ4v) is 1.71. The highest BCUT2D eigenvalue weighted by atomic mass is 19.1. The monoisotopic (exact) mass is 260 g/mol. The Balaban J connectivity index is 2.15. The number of ether oxygens (including phenoxy) is 1. The van der Waals surface area contributed by atoms with Crippen LogP contribution in [0.4, 0.5) is 4.39 Å². The van der Waals surface area contributed by atoms with Gasteiger partial charge < -0.3 is 10.1 Å². The number of hydrogen-bond donors (Lipinski definition) is 1. The second-order valence-corrected chi connectivity index (χ2v) is 4.44. The summed E-state index contributed by atoms with van der Waals surface area (Å²) in [5, 5.41) is 3.12. The molecule has 0 spiro atoms. The third-order valence-electron chi connectivity index (χ3n) is 3.00. The molecule has 0 saturated heterocycles. The number of aromatic nitrogens is 1. The summed E-state index contributed by atoms with van der Waals surface area (Å²) in [4.78, 5) is 4.33. The molecule has 2 rings (SSSR count). The van der Waals surface area contributed by atoms with Crippen molar-refractivity contribution in [3.63, 3.8) is 0 Å². The van der Waals surface area contributed by atoms with E-state index in [4.69, 9.17) is 4.74 Å². The van der Waals surface area contributed by atoms with Crippen LogP contribution in [0.1, 0.15) is 24.2 Å². The van der Waals surface area contributed by atoms with Gasteiger partial charge in [0.15, 0.2) is 0 Å². The first-order valence-corrected chi connectivity index (χ1v) is 6.17. The molecule has 0 amide bonds. The number of halogens is 1. The average Bonchev–Trinajstić information content (AvgIpc) is 2.42. The van der Waals surface area contributed by atoms with Gasteiger partial charge in [0.05, 0.1) is 11.9 Å². The second-order valence-electron chi connectivity index (χ2n) is 4.44. The van der Waals surface area contributed by atoms with Crippen molar-refractivity contribution in [1.82, 2.24) is 10.3 Å². The molecule has 1 N–H and O–H groups in total. The zero-order valence-electron chi connectivity index (χ0n) is 11.3. The van der Waals surface area contributed by atoms with Gasteiger partial charge in [0.1, 0.15) is 17.3 Å². The number of pyridine rings is 1. The van der Waals surface area contributed by atoms with E-state index in [1.54, 1.807) is 12.3 Å². The highest BCUT2D eigenvalue weighted by Crippen LogP contribution is 2.25. The Morgan fingerprint density at radius 3 is 2.63 bits per heavy atom. The van der Waals surface area contributed by atoms with Gasteiger partial charge in [-0.05, 0) is 56.8 Å². The van der Waals surface area contributed by atoms with Crippen LogP contribution in [0.3, 0.4) is 0 Å². The van der Waals surface area contributed by atoms with Crippen LogP contribution >= 0.6 is 0 Å². The highest BCUT2D eigenvalue weighted by molar-refractivity contribution is 5.36. The Morgan fingerprint density at radius 1 is 1.26 bits per heavy atom. The first-order chi connectivity index (χ1) is 9.10. The molecule has 1 unspecified atom stereocenters. The Labute approximate surface area is 112 Å². The summed E-state index contributed by atoms with van der Waals surface area (Å²) >= 11 is 0. The van der Waals surface area contributed by atoms with Crippen molar-refractivity contribution in [3.8, 4) is 11.5 Å². The lowest BCUT2D eigenvalue weighted by Crippen LogP contribution is -2.13. The second kappa shape index (κ2) is 5.80. The molecule has 3 nitrogen and oxygen atoms in total. The Kier molecular flexibility index (Phi) is 4.12. The van der Waals surface area contributed by atoms with Crippen molar-refractivity contribution in [2.45, 2.75) is 19.9 Å². The van der Waals surface area contributed by atoms with E-state index in [0.29, 0.717) is 11.5 Å². The third-order valence-corrected chi connectivity index (χ3v) is 3.00. The van der Waals surface area contributed by atoms with Gasteiger partial charge in [-0.25, -0.2) is 4.39 Å². The molecule has 1 heterocycles. The first-order valence-electron chi connectivity index (χ1n) is 6.17. The van der Waals surface area contributed by atoms with Crippen LogP contribution in [0.5, 0.6) is 11.5 Å². The van der Waals surface area contributed by atoms with Gasteiger partial charge >= 0.3 is 0 Å². The fourth-order valence-electron chi connectivity index (χ4n) is 1.71. The van der Waals surface area contributed by atoms with E-state index in [-0.39, 0.29) is 11.9 Å². The van der Waals surface area contributed by atoms with Crippen molar-refractivity contribution in [2.75, 3.05) is 7.05 Å². The molecule has 0 bridgehead atoms. The maximum atomic E-state index is 13.0. The predicted molar refractivity (Wildman–Crippen MR) is 72.9 cm³/mol. The molecule has 0 radical (unpaired) electrons. The molecule has 4 heteroatoms. The largest absolute Gasteiger partial charge is 0.455 e. The Morgan fingerprint density at radius 2 is 2.05 bits per heavy atom. The van der Waals surface area contributed by atoms with E-state index in [1.807, 2.05) is 33.0 Å². The van der Waals surface area contributed by atoms with E-state index < -0.39 is 0 Å². The maximum Gasteiger partial charge on any atom is 0.145 e. The van der Waals surface area contributed by atoms with Gasteiger partial charge in [0.25, 0.3) is 0 Å². The van der Waals surface area contributed by atoms with Crippen LogP contribution in [0.2, 0.25) is 0 Å². The van der Waals surface area contributed by atoms with Crippen molar-refractivity contribution >= 4 is 0 Å². The molecule has 0 aliphatic heterocycles. The fraction of sp³-hybridized carbons (Fsp3) is 0.267. The number of nitrogens with one attached hydrogen (secondary N) is 1. The summed E-state index contributed by atoms with van der Waals surface area (Å²) in [7, 11) is 1.89. The molecule has 0 saturated carbocycles. The van der Waals surface area contributed by atoms with Crippen molar-refractivity contribution in [1.29, 1.82) is 0 Å². The Bertz CT molecular complexity index is 555. The van der Waals surface area contributed by atoms with Gasteiger partial charge in [-0.3, -0.25) is 4.98 Å². The lowest BCUT2D eigenvalue weighted by molar-refractivity contribution is 0.473. The molecule has 1 atom stereocenters. The average molecular weight is 260 g/mol. The molecule has 0 aliphatic carbocycles. The normalized spacial score (nSPS) is 12.2. The predicted octanol–water partition coefficient (Wildman–Crippen LogP) is 3.60. The van der Waals surface area contributed by atoms with Gasteiger partial charge in [-0.1, -0.05) is 0 Å². The van der Waals surface area contributed by atoms with Gasteiger partial charge in [0.2, 0.25) is 0 Å². The number of aryl methyl sites for hydroxylation is 1. The summed E-state index contributed by atoms with van der Waals surface area (Å²) in [6.07, 6.45) is 1.67. The van der Waals surface area contributed by atoms with Crippen LogP contribution in [-0.4, -0.2) is 12.0 Å². The van der Waals surface area contributed by atoms with Crippen LogP contribution in [-0.2, 0) is 0 Å². The van der Waals surface area contributed by atoms with Gasteiger partial charge in [-0.2, -0.15) is 0 Å². The summed E-state index contributed by atoms with van der Waals surface area (Å²) in [6.45, 7) is 3.84. The van der Waals surface area contributed by atoms with Crippen molar-refractivity contribution < 1.29 is 9.13 Å². The van der Waals surface area contributed by atoms with Crippen LogP contribution in [0.15, 0.2) is 36.5 Å². The summed E-state index contributed by atoms with van der Waals surface area (Å²) in [5.74, 6) is 1.01. The molecule has 19 heavy (non-hydrogen) atoms. The molecule has 0 aliphatic rings. The molecule has 1 aromatic heterocycles. The van der Waals surface area contributed by atoms with E-state index in [9.17, 15) is 4.39 Å². The molecule has 2 aromatic rings. The van der Waals surface area contributed by atoms with Crippen LogP contribution < -0.4 is 10.1 Å². The topological polar surface area (TPSA) is 34.1 Å². The van der Waals surface area contributed by atoms with E-state index in [2.05, 4.69) is 10.3 Å². The number of rotatable bonds is 4. The highest BCUT2D eigenvalue weighted by Gasteiger charge is 2.06. The summed E-state index contributed by atoms with van der Waals surface area (Å²) in [6, 6.07) is 8.41. The quantitative estimate of drug-likeness (QED) is 0.912. The zero-order valence-corrected chi connectivity index (χ0v) is 11.3. The molecule has 1 aromatic carbocycles. The minimum atomic E-state index is -0.263. The van der Waals surface area contributed by atoms with Crippen molar-refractivity contribution in [3.05, 3.63) is 53.6 Å². The Hall–Kier alpha value is -1.94. The summed E-state index contributed by atoms with van der Waals surface area (Å²) in [5.41, 5.74) is 1.71. The standard InChI is InChI=1S/C15H17FN2O/c1-10-8-12(16)4-7-15(10)19-13-5-6-14(18-9-13)11(2)17-3/h4-9,11,17H,1-3H3. The third kappa shape index (κ3) is 3.29. The van der Waals surface area contributed by atoms with E-state index in [0.717, 1.165) is 11.3 Å². The lowest BCUT2D eigenvalue weighted by Gasteiger charge is -2.11. The molecular weight excluding hydrogens is 243 g/mol. The van der Waals surface area contributed by atoms with Gasteiger partial charge in [-0.15, -0.1) is 0 Å². The SMILES string of the molecule is CNC(C)c1ccc(Oc2ccc(F)cc2C)cn1. The molecule has 100 valence electrons. The smallest absolute Gasteiger partial charge is 0.145 e. The number of hydrogen-bond acceptors (Lipinski definition) is 3. The first kappa shape index (κ1) is 13.5.